The summed E-state index contributed by atoms with van der Waals surface area (Å²) >= 11 is 0. The van der Waals surface area contributed by atoms with Crippen LogP contribution in [0.5, 0.6) is 0 Å². The minimum atomic E-state index is -3.11. The molecule has 0 aliphatic rings. The molecule has 0 spiro atoms. The summed E-state index contributed by atoms with van der Waals surface area (Å²) in [5.41, 5.74) is 0.348. The molecule has 0 bridgehead atoms. The van der Waals surface area contributed by atoms with Crippen molar-refractivity contribution in [3.05, 3.63) is 24.3 Å². The topological polar surface area (TPSA) is 88.1 Å². The van der Waals surface area contributed by atoms with Crippen LogP contribution in [0.4, 0.5) is 0 Å². The van der Waals surface area contributed by atoms with Crippen molar-refractivity contribution < 1.29 is 32.7 Å². The molecule has 0 fully saturated rings. The molecule has 8 heteroatoms. The van der Waals surface area contributed by atoms with Crippen molar-refractivity contribution in [1.29, 1.82) is 0 Å². The first-order valence-corrected chi connectivity index (χ1v) is 7.68. The van der Waals surface area contributed by atoms with E-state index in [4.69, 9.17) is 18.5 Å². The van der Waals surface area contributed by atoms with Crippen molar-refractivity contribution in [3.8, 4) is 0 Å². The van der Waals surface area contributed by atoms with Crippen LogP contribution in [0.25, 0.3) is 0 Å². The number of hydrogen-bond acceptors (Lipinski definition) is 7. The smallest absolute Gasteiger partial charge is 0.335 e. The SMILES string of the molecule is C=C(C)C(=O)OC(C)(C)O[PH](=O)OC(C)(C)OC(=O)C(=C)C. The van der Waals surface area contributed by atoms with Gasteiger partial charge in [0.05, 0.1) is 0 Å². The Morgan fingerprint density at radius 3 is 1.32 bits per heavy atom. The molecule has 0 amide bonds. The molecule has 0 unspecified atom stereocenters. The van der Waals surface area contributed by atoms with Gasteiger partial charge in [-0.25, -0.2) is 9.59 Å². The Labute approximate surface area is 131 Å². The van der Waals surface area contributed by atoms with Crippen LogP contribution in [0.1, 0.15) is 41.5 Å². The molecule has 7 nitrogen and oxygen atoms in total. The minimum absolute atomic E-state index is 0.174. The Balaban J connectivity index is 4.66. The minimum Gasteiger partial charge on any atom is -0.430 e. The molecular weight excluding hydrogens is 311 g/mol. The standard InChI is InChI=1S/C14H23O7P/c1-9(2)11(15)18-13(5,6)20-22(17)21-14(7,8)19-12(16)10(3)4/h22H,1,3H2,2,4-8H3. The molecule has 0 saturated carbocycles. The third kappa shape index (κ3) is 8.12. The molecule has 0 aromatic rings. The Hall–Kier alpha value is -1.43. The van der Waals surface area contributed by atoms with E-state index < -0.39 is 31.8 Å². The lowest BCUT2D eigenvalue weighted by atomic mass is 10.3. The van der Waals surface area contributed by atoms with Crippen molar-refractivity contribution in [2.24, 2.45) is 0 Å². The van der Waals surface area contributed by atoms with E-state index >= 15 is 0 Å². The van der Waals surface area contributed by atoms with E-state index in [1.54, 1.807) is 0 Å². The molecule has 0 aromatic carbocycles. The van der Waals surface area contributed by atoms with E-state index in [1.807, 2.05) is 0 Å². The van der Waals surface area contributed by atoms with Crippen molar-refractivity contribution in [2.45, 2.75) is 53.1 Å². The van der Waals surface area contributed by atoms with Gasteiger partial charge in [-0.2, -0.15) is 0 Å². The molecule has 0 aromatic heterocycles. The van der Waals surface area contributed by atoms with Crippen LogP contribution in [0, 0.1) is 0 Å². The molecule has 0 radical (unpaired) electrons. The average Bonchev–Trinajstić information content (AvgIpc) is 2.24. The van der Waals surface area contributed by atoms with Gasteiger partial charge in [-0.3, -0.25) is 13.6 Å². The zero-order valence-electron chi connectivity index (χ0n) is 13.8. The number of carbonyl (C=O) groups is 2. The lowest BCUT2D eigenvalue weighted by Crippen LogP contribution is -2.32. The van der Waals surface area contributed by atoms with Crippen LogP contribution in [0.2, 0.25) is 0 Å². The molecule has 0 aliphatic heterocycles. The molecule has 0 atom stereocenters. The summed E-state index contributed by atoms with van der Waals surface area (Å²) in [5, 5.41) is 0. The van der Waals surface area contributed by atoms with Gasteiger partial charge < -0.3 is 9.47 Å². The van der Waals surface area contributed by atoms with Crippen molar-refractivity contribution >= 4 is 20.2 Å². The molecule has 0 rings (SSSR count). The predicted molar refractivity (Wildman–Crippen MR) is 81.1 cm³/mol. The average molecular weight is 334 g/mol. The second kappa shape index (κ2) is 7.72. The van der Waals surface area contributed by atoms with Crippen LogP contribution in [-0.2, 0) is 32.7 Å². The first-order chi connectivity index (χ1) is 9.76. The number of esters is 2. The summed E-state index contributed by atoms with van der Waals surface area (Å²) in [6.07, 6.45) is 0. The van der Waals surface area contributed by atoms with Gasteiger partial charge in [-0.05, 0) is 13.8 Å². The predicted octanol–water partition coefficient (Wildman–Crippen LogP) is 3.12. The number of hydrogen-bond donors (Lipinski definition) is 0. The highest BCUT2D eigenvalue weighted by Crippen LogP contribution is 2.37. The number of ether oxygens (including phenoxy) is 2. The van der Waals surface area contributed by atoms with Gasteiger partial charge in [-0.1, -0.05) is 13.2 Å². The van der Waals surface area contributed by atoms with E-state index in [9.17, 15) is 14.2 Å². The van der Waals surface area contributed by atoms with Crippen LogP contribution in [-0.4, -0.2) is 23.5 Å². The van der Waals surface area contributed by atoms with E-state index in [-0.39, 0.29) is 11.1 Å². The van der Waals surface area contributed by atoms with E-state index in [2.05, 4.69) is 13.2 Å². The quantitative estimate of drug-likeness (QED) is 0.292. The maximum absolute atomic E-state index is 11.9. The van der Waals surface area contributed by atoms with E-state index in [0.717, 1.165) is 0 Å². The first kappa shape index (κ1) is 20.6. The number of rotatable bonds is 8. The van der Waals surface area contributed by atoms with Gasteiger partial charge in [-0.15, -0.1) is 0 Å². The Kier molecular flexibility index (Phi) is 7.22. The monoisotopic (exact) mass is 334 g/mol. The van der Waals surface area contributed by atoms with Gasteiger partial charge >= 0.3 is 20.2 Å². The molecule has 0 N–H and O–H groups in total. The lowest BCUT2D eigenvalue weighted by Gasteiger charge is -2.28. The summed E-state index contributed by atoms with van der Waals surface area (Å²) in [5.74, 6) is -4.35. The van der Waals surface area contributed by atoms with Gasteiger partial charge in [0.1, 0.15) is 0 Å². The van der Waals surface area contributed by atoms with E-state index in [0.29, 0.717) is 0 Å². The van der Waals surface area contributed by atoms with Crippen molar-refractivity contribution in [3.63, 3.8) is 0 Å². The summed E-state index contributed by atoms with van der Waals surface area (Å²) in [4.78, 5) is 22.9. The van der Waals surface area contributed by atoms with Gasteiger partial charge in [0.25, 0.3) is 0 Å². The summed E-state index contributed by atoms with van der Waals surface area (Å²) < 4.78 is 31.9. The normalized spacial score (nSPS) is 12.0. The van der Waals surface area contributed by atoms with Crippen molar-refractivity contribution in [1.82, 2.24) is 0 Å². The maximum Gasteiger partial charge on any atom is 0.335 e. The molecule has 22 heavy (non-hydrogen) atoms. The third-order valence-corrected chi connectivity index (χ3v) is 3.35. The third-order valence-electron chi connectivity index (χ3n) is 2.03. The van der Waals surface area contributed by atoms with Crippen LogP contribution in [0.3, 0.4) is 0 Å². The van der Waals surface area contributed by atoms with Crippen LogP contribution in [0.15, 0.2) is 24.3 Å². The fraction of sp³-hybridized carbons (Fsp3) is 0.571. The molecule has 126 valence electrons. The van der Waals surface area contributed by atoms with Gasteiger partial charge in [0.2, 0.25) is 11.6 Å². The van der Waals surface area contributed by atoms with Crippen molar-refractivity contribution in [2.75, 3.05) is 0 Å². The highest BCUT2D eigenvalue weighted by Gasteiger charge is 2.32. The lowest BCUT2D eigenvalue weighted by molar-refractivity contribution is -0.194. The van der Waals surface area contributed by atoms with Crippen LogP contribution >= 0.6 is 8.25 Å². The Morgan fingerprint density at radius 1 is 0.818 bits per heavy atom. The number of carbonyl (C=O) groups excluding carboxylic acids is 2. The largest absolute Gasteiger partial charge is 0.430 e. The highest BCUT2D eigenvalue weighted by atomic mass is 31.1. The highest BCUT2D eigenvalue weighted by molar-refractivity contribution is 7.33. The van der Waals surface area contributed by atoms with E-state index in [1.165, 1.54) is 41.5 Å². The summed E-state index contributed by atoms with van der Waals surface area (Å²) in [7, 11) is -3.11. The van der Waals surface area contributed by atoms with Gasteiger partial charge in [0.15, 0.2) is 0 Å². The first-order valence-electron chi connectivity index (χ1n) is 6.45. The Bertz CT molecular complexity index is 461. The molecule has 0 heterocycles. The Morgan fingerprint density at radius 2 is 1.09 bits per heavy atom. The zero-order chi connectivity index (χ0) is 17.7. The molecular formula is C14H23O7P. The molecule has 0 saturated heterocycles. The van der Waals surface area contributed by atoms with Gasteiger partial charge in [0, 0.05) is 38.8 Å². The summed E-state index contributed by atoms with van der Waals surface area (Å²) in [6, 6.07) is 0. The summed E-state index contributed by atoms with van der Waals surface area (Å²) in [6.45, 7) is 15.4. The molecule has 0 aliphatic carbocycles. The fourth-order valence-electron chi connectivity index (χ4n) is 1.08. The zero-order valence-corrected chi connectivity index (χ0v) is 14.8. The second-order valence-corrected chi connectivity index (χ2v) is 6.50. The van der Waals surface area contributed by atoms with Crippen LogP contribution < -0.4 is 0 Å². The fourth-order valence-corrected chi connectivity index (χ4v) is 2.01. The maximum atomic E-state index is 11.9. The second-order valence-electron chi connectivity index (χ2n) is 5.59.